The van der Waals surface area contributed by atoms with Crippen molar-refractivity contribution in [2.75, 3.05) is 18.4 Å². The third kappa shape index (κ3) is 4.92. The maximum atomic E-state index is 12.6. The number of amides is 1. The predicted molar refractivity (Wildman–Crippen MR) is 97.2 cm³/mol. The van der Waals surface area contributed by atoms with E-state index in [0.717, 1.165) is 51.9 Å². The third-order valence-electron chi connectivity index (χ3n) is 4.68. The van der Waals surface area contributed by atoms with Gasteiger partial charge in [-0.3, -0.25) is 14.4 Å². The molecule has 1 atom stereocenters. The number of hydrogen-bond acceptors (Lipinski definition) is 4. The van der Waals surface area contributed by atoms with Gasteiger partial charge in [0.1, 0.15) is 0 Å². The number of carbonyl (C=O) groups excluding carboxylic acids is 1. The fourth-order valence-corrected chi connectivity index (χ4v) is 3.44. The Hall–Kier alpha value is -2.15. The number of nitrogens with zero attached hydrogens (tertiary/aromatic N) is 5. The minimum Gasteiger partial charge on any atom is -0.337 e. The fourth-order valence-electron chi connectivity index (χ4n) is 3.44. The van der Waals surface area contributed by atoms with E-state index >= 15 is 0 Å². The molecule has 25 heavy (non-hydrogen) atoms. The second-order valence-corrected chi connectivity index (χ2v) is 6.65. The van der Waals surface area contributed by atoms with Crippen LogP contribution in [-0.4, -0.2) is 49.3 Å². The van der Waals surface area contributed by atoms with Gasteiger partial charge in [-0.25, -0.2) is 4.98 Å². The van der Waals surface area contributed by atoms with Crippen LogP contribution in [0.25, 0.3) is 0 Å². The number of imidazole rings is 1. The first-order valence-corrected chi connectivity index (χ1v) is 9.30. The van der Waals surface area contributed by atoms with Gasteiger partial charge in [-0.2, -0.15) is 5.10 Å². The van der Waals surface area contributed by atoms with Gasteiger partial charge in [0.2, 0.25) is 5.91 Å². The van der Waals surface area contributed by atoms with Crippen LogP contribution in [-0.2, 0) is 17.9 Å². The quantitative estimate of drug-likeness (QED) is 0.798. The summed E-state index contributed by atoms with van der Waals surface area (Å²) in [5, 5.41) is 7.47. The van der Waals surface area contributed by atoms with Gasteiger partial charge < -0.3 is 9.88 Å². The van der Waals surface area contributed by atoms with Gasteiger partial charge in [-0.1, -0.05) is 13.3 Å². The standard InChI is InChI=1S/C18H28N6O/c1-2-9-23-11-4-3-6-16(23)18(25)20-17-7-13-24(21-17)12-5-10-22-14-8-19-15-22/h7-8,13-16H,2-6,9-12H2,1H3,(H,20,21,25)/t16-/m0/s1. The predicted octanol–water partition coefficient (Wildman–Crippen LogP) is 2.37. The lowest BCUT2D eigenvalue weighted by Crippen LogP contribution is -2.47. The Bertz CT molecular complexity index is 648. The van der Waals surface area contributed by atoms with E-state index in [1.54, 1.807) is 6.20 Å². The van der Waals surface area contributed by atoms with Gasteiger partial charge in [-0.05, 0) is 38.8 Å². The monoisotopic (exact) mass is 344 g/mol. The number of carbonyl (C=O) groups is 1. The maximum absolute atomic E-state index is 12.6. The first kappa shape index (κ1) is 17.7. The lowest BCUT2D eigenvalue weighted by molar-refractivity contribution is -0.122. The molecule has 0 unspecified atom stereocenters. The summed E-state index contributed by atoms with van der Waals surface area (Å²) >= 11 is 0. The molecule has 3 heterocycles. The third-order valence-corrected chi connectivity index (χ3v) is 4.68. The van der Waals surface area contributed by atoms with Crippen molar-refractivity contribution >= 4 is 11.7 Å². The molecule has 3 rings (SSSR count). The molecular formula is C18H28N6O. The van der Waals surface area contributed by atoms with Crippen LogP contribution in [0.2, 0.25) is 0 Å². The molecule has 0 radical (unpaired) electrons. The van der Waals surface area contributed by atoms with Crippen molar-refractivity contribution in [3.8, 4) is 0 Å². The summed E-state index contributed by atoms with van der Waals surface area (Å²) in [6, 6.07) is 1.86. The zero-order chi connectivity index (χ0) is 17.5. The van der Waals surface area contributed by atoms with Gasteiger partial charge in [0, 0.05) is 37.7 Å². The van der Waals surface area contributed by atoms with Crippen LogP contribution in [0.5, 0.6) is 0 Å². The highest BCUT2D eigenvalue weighted by molar-refractivity contribution is 5.94. The van der Waals surface area contributed by atoms with E-state index in [1.165, 1.54) is 6.42 Å². The molecule has 7 nitrogen and oxygen atoms in total. The van der Waals surface area contributed by atoms with E-state index in [9.17, 15) is 4.79 Å². The van der Waals surface area contributed by atoms with Gasteiger partial charge in [-0.15, -0.1) is 0 Å². The van der Waals surface area contributed by atoms with Crippen molar-refractivity contribution in [2.45, 2.75) is 58.2 Å². The maximum Gasteiger partial charge on any atom is 0.242 e. The summed E-state index contributed by atoms with van der Waals surface area (Å²) in [4.78, 5) is 19.0. The largest absolute Gasteiger partial charge is 0.337 e. The molecule has 1 fully saturated rings. The van der Waals surface area contributed by atoms with Gasteiger partial charge >= 0.3 is 0 Å². The summed E-state index contributed by atoms with van der Waals surface area (Å²) < 4.78 is 3.94. The number of anilines is 1. The summed E-state index contributed by atoms with van der Waals surface area (Å²) in [6.07, 6.45) is 12.8. The Morgan fingerprint density at radius 2 is 2.20 bits per heavy atom. The van der Waals surface area contributed by atoms with Crippen LogP contribution in [0.15, 0.2) is 31.0 Å². The Morgan fingerprint density at radius 3 is 3.00 bits per heavy atom. The lowest BCUT2D eigenvalue weighted by Gasteiger charge is -2.34. The Labute approximate surface area is 149 Å². The van der Waals surface area contributed by atoms with Crippen LogP contribution < -0.4 is 5.32 Å². The number of aryl methyl sites for hydroxylation is 2. The highest BCUT2D eigenvalue weighted by Crippen LogP contribution is 2.18. The summed E-state index contributed by atoms with van der Waals surface area (Å²) in [6.45, 7) is 5.90. The second-order valence-electron chi connectivity index (χ2n) is 6.65. The van der Waals surface area contributed by atoms with Crippen molar-refractivity contribution < 1.29 is 4.79 Å². The molecule has 0 aromatic carbocycles. The van der Waals surface area contributed by atoms with E-state index in [4.69, 9.17) is 0 Å². The molecule has 1 amide bonds. The lowest BCUT2D eigenvalue weighted by atomic mass is 10.0. The van der Waals surface area contributed by atoms with Gasteiger partial charge in [0.15, 0.2) is 5.82 Å². The van der Waals surface area contributed by atoms with Crippen molar-refractivity contribution in [1.82, 2.24) is 24.2 Å². The smallest absolute Gasteiger partial charge is 0.242 e. The zero-order valence-electron chi connectivity index (χ0n) is 15.0. The molecule has 0 aliphatic carbocycles. The van der Waals surface area contributed by atoms with Crippen molar-refractivity contribution in [2.24, 2.45) is 0 Å². The van der Waals surface area contributed by atoms with Crippen LogP contribution in [0.3, 0.4) is 0 Å². The molecule has 1 N–H and O–H groups in total. The normalized spacial score (nSPS) is 18.4. The van der Waals surface area contributed by atoms with Gasteiger partial charge in [0.25, 0.3) is 0 Å². The number of likely N-dealkylation sites (tertiary alicyclic amines) is 1. The molecule has 0 saturated carbocycles. The molecule has 1 aliphatic heterocycles. The van der Waals surface area contributed by atoms with E-state index in [-0.39, 0.29) is 11.9 Å². The molecule has 2 aromatic heterocycles. The Balaban J connectivity index is 1.49. The van der Waals surface area contributed by atoms with Crippen LogP contribution >= 0.6 is 0 Å². The SMILES string of the molecule is CCCN1CCCC[C@H]1C(=O)Nc1ccn(CCCn2ccnc2)n1. The minimum atomic E-state index is -0.0138. The number of hydrogen-bond donors (Lipinski definition) is 1. The molecule has 136 valence electrons. The second kappa shape index (κ2) is 8.80. The van der Waals surface area contributed by atoms with Crippen molar-refractivity contribution in [3.63, 3.8) is 0 Å². The molecule has 0 spiro atoms. The van der Waals surface area contributed by atoms with E-state index in [0.29, 0.717) is 5.82 Å². The fraction of sp³-hybridized carbons (Fsp3) is 0.611. The van der Waals surface area contributed by atoms with Crippen LogP contribution in [0.1, 0.15) is 39.0 Å². The molecule has 1 saturated heterocycles. The minimum absolute atomic E-state index is 0.0138. The average molecular weight is 344 g/mol. The Kier molecular flexibility index (Phi) is 6.22. The topological polar surface area (TPSA) is 68.0 Å². The zero-order valence-corrected chi connectivity index (χ0v) is 15.0. The molecule has 7 heteroatoms. The summed E-state index contributed by atoms with van der Waals surface area (Å²) in [5.74, 6) is 0.728. The summed E-state index contributed by atoms with van der Waals surface area (Å²) in [5.41, 5.74) is 0. The van der Waals surface area contributed by atoms with Crippen LogP contribution in [0.4, 0.5) is 5.82 Å². The highest BCUT2D eigenvalue weighted by atomic mass is 16.2. The van der Waals surface area contributed by atoms with E-state index in [2.05, 4.69) is 31.8 Å². The van der Waals surface area contributed by atoms with Gasteiger partial charge in [0.05, 0.1) is 12.4 Å². The number of aromatic nitrogens is 4. The van der Waals surface area contributed by atoms with E-state index in [1.807, 2.05) is 29.5 Å². The molecular weight excluding hydrogens is 316 g/mol. The first-order chi connectivity index (χ1) is 12.3. The van der Waals surface area contributed by atoms with E-state index < -0.39 is 0 Å². The summed E-state index contributed by atoms with van der Waals surface area (Å²) in [7, 11) is 0. The highest BCUT2D eigenvalue weighted by Gasteiger charge is 2.28. The molecule has 1 aliphatic rings. The molecule has 2 aromatic rings. The number of rotatable bonds is 8. The van der Waals surface area contributed by atoms with Crippen molar-refractivity contribution in [1.29, 1.82) is 0 Å². The average Bonchev–Trinajstić information content (AvgIpc) is 3.28. The van der Waals surface area contributed by atoms with Crippen LogP contribution in [0, 0.1) is 0 Å². The first-order valence-electron chi connectivity index (χ1n) is 9.30. The number of piperidine rings is 1. The molecule has 0 bridgehead atoms. The Morgan fingerprint density at radius 1 is 1.28 bits per heavy atom. The van der Waals surface area contributed by atoms with Crippen molar-refractivity contribution in [3.05, 3.63) is 31.0 Å². The number of nitrogens with one attached hydrogen (secondary N) is 1.